The average Bonchev–Trinajstić information content (AvgIpc) is 3.04. The zero-order valence-electron chi connectivity index (χ0n) is 15.8. The second-order valence-electron chi connectivity index (χ2n) is 7.03. The summed E-state index contributed by atoms with van der Waals surface area (Å²) >= 11 is 0. The van der Waals surface area contributed by atoms with Crippen molar-refractivity contribution in [2.75, 3.05) is 0 Å². The van der Waals surface area contributed by atoms with Crippen molar-refractivity contribution in [2.24, 2.45) is 0 Å². The largest absolute Gasteiger partial charge is 0.508 e. The molecule has 2 N–H and O–H groups in total. The molecule has 138 valence electrons. The maximum absolute atomic E-state index is 9.90. The molecule has 3 aromatic rings. The number of rotatable bonds is 4. The summed E-state index contributed by atoms with van der Waals surface area (Å²) < 4.78 is 0. The normalized spacial score (nSPS) is 15.0. The highest BCUT2D eigenvalue weighted by Crippen LogP contribution is 2.56. The maximum atomic E-state index is 9.90. The number of aliphatic hydroxyl groups excluding tert-OH is 1. The molecule has 2 heteroatoms. The van der Waals surface area contributed by atoms with Gasteiger partial charge in [-0.2, -0.15) is 0 Å². The summed E-state index contributed by atoms with van der Waals surface area (Å²) in [5.41, 5.74) is 6.45. The topological polar surface area (TPSA) is 40.5 Å². The van der Waals surface area contributed by atoms with Gasteiger partial charge in [0.2, 0.25) is 0 Å². The predicted octanol–water partition coefficient (Wildman–Crippen LogP) is 6.28. The molecule has 3 aromatic carbocycles. The Morgan fingerprint density at radius 3 is 1.89 bits per heavy atom. The summed E-state index contributed by atoms with van der Waals surface area (Å²) in [5.74, 6) is 0.365. The second-order valence-corrected chi connectivity index (χ2v) is 7.03. The van der Waals surface area contributed by atoms with Crippen LogP contribution in [0, 0.1) is 0 Å². The van der Waals surface area contributed by atoms with Gasteiger partial charge in [0, 0.05) is 0 Å². The molecule has 0 aliphatic heterocycles. The van der Waals surface area contributed by atoms with E-state index in [1.807, 2.05) is 18.2 Å². The second kappa shape index (κ2) is 6.90. The lowest BCUT2D eigenvalue weighted by Gasteiger charge is -2.34. The summed E-state index contributed by atoms with van der Waals surface area (Å²) in [6.07, 6.45) is 5.05. The monoisotopic (exact) mass is 366 g/mol. The van der Waals surface area contributed by atoms with E-state index in [1.165, 1.54) is 28.3 Å². The van der Waals surface area contributed by atoms with E-state index in [4.69, 9.17) is 0 Å². The van der Waals surface area contributed by atoms with Gasteiger partial charge in [0.05, 0.1) is 5.41 Å². The quantitative estimate of drug-likeness (QED) is 0.421. The smallest absolute Gasteiger partial charge is 0.115 e. The number of aromatic hydroxyl groups is 1. The molecule has 0 fully saturated rings. The first-order valence-electron chi connectivity index (χ1n) is 9.28. The van der Waals surface area contributed by atoms with Crippen LogP contribution in [0.3, 0.4) is 0 Å². The lowest BCUT2D eigenvalue weighted by molar-refractivity contribution is 0.433. The number of hydrogen-bond acceptors (Lipinski definition) is 2. The van der Waals surface area contributed by atoms with Crippen LogP contribution in [0.15, 0.2) is 109 Å². The lowest BCUT2D eigenvalue weighted by atomic mass is 9.67. The molecular formula is C26H22O2. The number of phenolic OH excluding ortho intramolecular Hbond substituents is 1. The molecule has 28 heavy (non-hydrogen) atoms. The number of aliphatic hydroxyl groups is 1. The van der Waals surface area contributed by atoms with Crippen LogP contribution in [0.4, 0.5) is 0 Å². The zero-order chi connectivity index (χ0) is 19.7. The van der Waals surface area contributed by atoms with Crippen molar-refractivity contribution in [3.8, 4) is 16.9 Å². The van der Waals surface area contributed by atoms with E-state index in [0.29, 0.717) is 0 Å². The van der Waals surface area contributed by atoms with Gasteiger partial charge < -0.3 is 10.2 Å². The molecule has 0 atom stereocenters. The minimum atomic E-state index is -0.501. The van der Waals surface area contributed by atoms with Crippen molar-refractivity contribution in [2.45, 2.75) is 12.3 Å². The van der Waals surface area contributed by atoms with E-state index >= 15 is 0 Å². The molecule has 0 aromatic heterocycles. The van der Waals surface area contributed by atoms with Gasteiger partial charge in [-0.1, -0.05) is 78.9 Å². The van der Waals surface area contributed by atoms with Crippen molar-refractivity contribution < 1.29 is 10.2 Å². The van der Waals surface area contributed by atoms with Gasteiger partial charge >= 0.3 is 0 Å². The molecule has 0 amide bonds. The number of fused-ring (bicyclic) bond motifs is 3. The van der Waals surface area contributed by atoms with Gasteiger partial charge in [-0.05, 0) is 59.0 Å². The molecule has 0 saturated carbocycles. The van der Waals surface area contributed by atoms with Gasteiger partial charge in [-0.15, -0.1) is 0 Å². The third-order valence-electron chi connectivity index (χ3n) is 5.56. The van der Waals surface area contributed by atoms with E-state index in [9.17, 15) is 10.2 Å². The van der Waals surface area contributed by atoms with Gasteiger partial charge in [-0.25, -0.2) is 0 Å². The molecular weight excluding hydrogens is 344 g/mol. The molecule has 0 bridgehead atoms. The first kappa shape index (κ1) is 17.9. The Hall–Kier alpha value is -3.52. The van der Waals surface area contributed by atoms with Crippen LogP contribution in [0.5, 0.6) is 5.75 Å². The molecule has 1 aliphatic carbocycles. The van der Waals surface area contributed by atoms with E-state index in [-0.39, 0.29) is 11.5 Å². The highest BCUT2D eigenvalue weighted by Gasteiger charge is 2.45. The third-order valence-corrected chi connectivity index (χ3v) is 5.56. The number of hydrogen-bond donors (Lipinski definition) is 2. The fourth-order valence-corrected chi connectivity index (χ4v) is 4.31. The standard InChI is InChI=1S/C26H22O2/c1-3-20(27)15-12-18(2)26(19-13-16-21(28)17-14-19)24-10-6-4-8-22(24)23-9-5-7-11-25(23)26/h3-17,27-28H,1H2,2H3/b18-12+,20-15+. The summed E-state index contributed by atoms with van der Waals surface area (Å²) in [6, 6.07) is 24.3. The fraction of sp³-hybridized carbons (Fsp3) is 0.0769. The molecule has 1 aliphatic rings. The Labute approximate surface area is 165 Å². The molecule has 0 heterocycles. The SMILES string of the molecule is C=C/C(O)=C\C=C(/C)C1(c2ccc(O)cc2)c2ccccc2-c2ccccc21. The van der Waals surface area contributed by atoms with Crippen molar-refractivity contribution in [1.29, 1.82) is 0 Å². The minimum Gasteiger partial charge on any atom is -0.508 e. The van der Waals surface area contributed by atoms with Crippen molar-refractivity contribution in [1.82, 2.24) is 0 Å². The summed E-state index contributed by atoms with van der Waals surface area (Å²) in [5, 5.41) is 19.7. The Balaban J connectivity index is 2.10. The number of allylic oxidation sites excluding steroid dienone is 4. The third kappa shape index (κ3) is 2.57. The first-order valence-corrected chi connectivity index (χ1v) is 9.28. The van der Waals surface area contributed by atoms with Crippen LogP contribution in [0.25, 0.3) is 11.1 Å². The predicted molar refractivity (Wildman–Crippen MR) is 115 cm³/mol. The Bertz CT molecular complexity index is 1060. The van der Waals surface area contributed by atoms with E-state index in [0.717, 1.165) is 11.1 Å². The average molecular weight is 366 g/mol. The van der Waals surface area contributed by atoms with Crippen molar-refractivity contribution in [3.05, 3.63) is 126 Å². The van der Waals surface area contributed by atoms with Crippen LogP contribution in [-0.2, 0) is 5.41 Å². The highest BCUT2D eigenvalue weighted by molar-refractivity contribution is 5.85. The maximum Gasteiger partial charge on any atom is 0.115 e. The van der Waals surface area contributed by atoms with E-state index in [1.54, 1.807) is 18.2 Å². The molecule has 4 rings (SSSR count). The summed E-state index contributed by atoms with van der Waals surface area (Å²) in [4.78, 5) is 0. The number of benzene rings is 3. The Morgan fingerprint density at radius 2 is 1.36 bits per heavy atom. The van der Waals surface area contributed by atoms with E-state index in [2.05, 4.69) is 62.0 Å². The molecule has 0 spiro atoms. The van der Waals surface area contributed by atoms with Crippen LogP contribution < -0.4 is 0 Å². The van der Waals surface area contributed by atoms with Gasteiger partial charge in [0.25, 0.3) is 0 Å². The molecule has 0 saturated heterocycles. The lowest BCUT2D eigenvalue weighted by Crippen LogP contribution is -2.28. The zero-order valence-corrected chi connectivity index (χ0v) is 15.8. The van der Waals surface area contributed by atoms with E-state index < -0.39 is 5.41 Å². The Morgan fingerprint density at radius 1 is 0.821 bits per heavy atom. The van der Waals surface area contributed by atoms with Crippen LogP contribution in [0.2, 0.25) is 0 Å². The van der Waals surface area contributed by atoms with Crippen LogP contribution in [-0.4, -0.2) is 10.2 Å². The van der Waals surface area contributed by atoms with Crippen molar-refractivity contribution >= 4 is 0 Å². The van der Waals surface area contributed by atoms with Crippen molar-refractivity contribution in [3.63, 3.8) is 0 Å². The highest BCUT2D eigenvalue weighted by atomic mass is 16.3. The molecule has 0 unspecified atom stereocenters. The van der Waals surface area contributed by atoms with Gasteiger partial charge in [-0.3, -0.25) is 0 Å². The van der Waals surface area contributed by atoms with Gasteiger partial charge in [0.15, 0.2) is 0 Å². The summed E-state index contributed by atoms with van der Waals surface area (Å²) in [6.45, 7) is 5.70. The van der Waals surface area contributed by atoms with Crippen LogP contribution in [0.1, 0.15) is 23.6 Å². The molecule has 2 nitrogen and oxygen atoms in total. The minimum absolute atomic E-state index is 0.125. The first-order chi connectivity index (χ1) is 13.6. The fourth-order valence-electron chi connectivity index (χ4n) is 4.31. The number of phenols is 1. The molecule has 0 radical (unpaired) electrons. The van der Waals surface area contributed by atoms with Gasteiger partial charge in [0.1, 0.15) is 11.5 Å². The van der Waals surface area contributed by atoms with Crippen LogP contribution >= 0.6 is 0 Å². The summed E-state index contributed by atoms with van der Waals surface area (Å²) in [7, 11) is 0. The Kier molecular flexibility index (Phi) is 4.40.